The van der Waals surface area contributed by atoms with Gasteiger partial charge in [0.1, 0.15) is 42.3 Å². The molecule has 1 saturated heterocycles. The van der Waals surface area contributed by atoms with Gasteiger partial charge >= 0.3 is 7.82 Å². The van der Waals surface area contributed by atoms with Crippen LogP contribution in [0.5, 0.6) is 0 Å². The second-order valence-electron chi connectivity index (χ2n) is 8.26. The van der Waals surface area contributed by atoms with E-state index in [2.05, 4.69) is 10.1 Å². The quantitative estimate of drug-likeness (QED) is 0.202. The predicted octanol–water partition coefficient (Wildman–Crippen LogP) is -0.138. The molecule has 6 atom stereocenters. The minimum atomic E-state index is -4.70. The molecular weight excluding hydrogens is 509 g/mol. The number of nitrogens with two attached hydrogens (primary N) is 1. The summed E-state index contributed by atoms with van der Waals surface area (Å²) in [6, 6.07) is 13.9. The lowest BCUT2D eigenvalue weighted by molar-refractivity contribution is -0.0668. The Morgan fingerprint density at radius 3 is 2.70 bits per heavy atom. The molecule has 3 aromatic rings. The van der Waals surface area contributed by atoms with Crippen molar-refractivity contribution in [1.29, 1.82) is 5.26 Å². The number of anilines is 1. The van der Waals surface area contributed by atoms with E-state index >= 15 is 0 Å². The summed E-state index contributed by atoms with van der Waals surface area (Å²) in [4.78, 5) is 13.9. The number of aliphatic hydroxyl groups excluding tert-OH is 3. The van der Waals surface area contributed by atoms with Crippen LogP contribution in [-0.4, -0.2) is 79.0 Å². The molecule has 14 nitrogen and oxygen atoms in total. The molecule has 1 fully saturated rings. The van der Waals surface area contributed by atoms with Crippen LogP contribution in [0.15, 0.2) is 48.8 Å². The second kappa shape index (κ2) is 11.2. The third-order valence-corrected chi connectivity index (χ3v) is 6.80. The van der Waals surface area contributed by atoms with Crippen molar-refractivity contribution in [3.8, 4) is 6.07 Å². The topological polar surface area (TPSA) is 215 Å². The fourth-order valence-corrected chi connectivity index (χ4v) is 4.64. The smallest absolute Gasteiger partial charge is 0.394 e. The Morgan fingerprint density at radius 2 is 2.00 bits per heavy atom. The standard InChI is InChI=1S/C22H26N5O9P/c23-12-22(18-7-6-16-21(24)25-13-26-27(16)18)20(30)19(29)17(36-22)11-35-37(31,32)34-10-15(8-28)33-9-14-4-2-1-3-5-14/h1-7,13,15,17,19-20,28-30H,8-11H2,(H,31,32)(H2,24,25,26)/t15-,17-,19-,20-,22+/m1/s1. The molecule has 1 aliphatic rings. The maximum Gasteiger partial charge on any atom is 0.472 e. The highest BCUT2D eigenvalue weighted by molar-refractivity contribution is 7.47. The summed E-state index contributed by atoms with van der Waals surface area (Å²) in [5, 5.41) is 44.7. The molecule has 0 spiro atoms. The van der Waals surface area contributed by atoms with Crippen LogP contribution in [0.1, 0.15) is 11.3 Å². The highest BCUT2D eigenvalue weighted by atomic mass is 31.2. The number of aromatic nitrogens is 3. The molecule has 3 heterocycles. The van der Waals surface area contributed by atoms with Gasteiger partial charge in [0.25, 0.3) is 0 Å². The van der Waals surface area contributed by atoms with Crippen LogP contribution in [0.4, 0.5) is 5.82 Å². The molecule has 6 N–H and O–H groups in total. The molecule has 0 bridgehead atoms. The number of nitrogen functional groups attached to an aromatic ring is 1. The second-order valence-corrected chi connectivity index (χ2v) is 9.71. The van der Waals surface area contributed by atoms with Crippen molar-refractivity contribution in [3.05, 3.63) is 60.0 Å². The average molecular weight is 535 g/mol. The first kappa shape index (κ1) is 27.1. The molecular formula is C22H26N5O9P. The van der Waals surface area contributed by atoms with Gasteiger partial charge in [-0.05, 0) is 17.7 Å². The van der Waals surface area contributed by atoms with Crippen molar-refractivity contribution in [2.75, 3.05) is 25.6 Å². The fraction of sp³-hybridized carbons (Fsp3) is 0.409. The Labute approximate surface area is 211 Å². The lowest BCUT2D eigenvalue weighted by Crippen LogP contribution is -2.41. The summed E-state index contributed by atoms with van der Waals surface area (Å²) in [6.45, 7) is -1.50. The largest absolute Gasteiger partial charge is 0.472 e. The Balaban J connectivity index is 1.38. The van der Waals surface area contributed by atoms with E-state index in [9.17, 15) is 30.0 Å². The molecule has 1 unspecified atom stereocenters. The average Bonchev–Trinajstić information content (AvgIpc) is 3.44. The Bertz CT molecular complexity index is 1300. The molecule has 0 amide bonds. The Morgan fingerprint density at radius 1 is 1.24 bits per heavy atom. The van der Waals surface area contributed by atoms with E-state index in [0.717, 1.165) is 11.9 Å². The number of fused-ring (bicyclic) bond motifs is 1. The number of hydrogen-bond donors (Lipinski definition) is 5. The monoisotopic (exact) mass is 535 g/mol. The molecule has 1 aromatic carbocycles. The molecule has 198 valence electrons. The number of phosphoric ester groups is 1. The summed E-state index contributed by atoms with van der Waals surface area (Å²) in [7, 11) is -4.70. The van der Waals surface area contributed by atoms with Gasteiger partial charge in [-0.1, -0.05) is 30.3 Å². The van der Waals surface area contributed by atoms with Gasteiger partial charge in [0.2, 0.25) is 5.60 Å². The van der Waals surface area contributed by atoms with Gasteiger partial charge in [0, 0.05) is 0 Å². The first-order chi connectivity index (χ1) is 17.7. The summed E-state index contributed by atoms with van der Waals surface area (Å²) in [5.74, 6) is 0.120. The number of hydrogen-bond acceptors (Lipinski definition) is 12. The predicted molar refractivity (Wildman–Crippen MR) is 125 cm³/mol. The lowest BCUT2D eigenvalue weighted by Gasteiger charge is -2.24. The van der Waals surface area contributed by atoms with Crippen molar-refractivity contribution in [2.24, 2.45) is 0 Å². The fourth-order valence-electron chi connectivity index (χ4n) is 3.87. The lowest BCUT2D eigenvalue weighted by atomic mass is 9.92. The van der Waals surface area contributed by atoms with Gasteiger partial charge in [-0.15, -0.1) is 0 Å². The molecule has 2 aromatic heterocycles. The molecule has 0 radical (unpaired) electrons. The van der Waals surface area contributed by atoms with Crippen molar-refractivity contribution in [1.82, 2.24) is 14.6 Å². The van der Waals surface area contributed by atoms with Crippen LogP contribution in [0.3, 0.4) is 0 Å². The summed E-state index contributed by atoms with van der Waals surface area (Å²) < 4.78 is 34.7. The number of aliphatic hydroxyl groups is 3. The number of nitriles is 1. The summed E-state index contributed by atoms with van der Waals surface area (Å²) >= 11 is 0. The van der Waals surface area contributed by atoms with Gasteiger partial charge < -0.3 is 35.4 Å². The first-order valence-electron chi connectivity index (χ1n) is 11.1. The van der Waals surface area contributed by atoms with Gasteiger partial charge in [0.15, 0.2) is 5.82 Å². The third-order valence-electron chi connectivity index (χ3n) is 5.84. The molecule has 1 aliphatic heterocycles. The van der Waals surface area contributed by atoms with E-state index < -0.39 is 57.7 Å². The molecule has 0 aliphatic carbocycles. The van der Waals surface area contributed by atoms with Crippen molar-refractivity contribution in [2.45, 2.75) is 36.6 Å². The van der Waals surface area contributed by atoms with E-state index in [1.807, 2.05) is 36.4 Å². The summed E-state index contributed by atoms with van der Waals surface area (Å²) in [6.07, 6.45) is -4.57. The first-order valence-corrected chi connectivity index (χ1v) is 12.6. The SMILES string of the molecule is N#C[C@@]1(c2ccc3c(N)ncnn23)O[C@H](COP(=O)(O)OC[C@@H](CO)OCc2ccccc2)[C@@H](O)[C@H]1O. The highest BCUT2D eigenvalue weighted by Gasteiger charge is 2.58. The van der Waals surface area contributed by atoms with Crippen LogP contribution in [0.2, 0.25) is 0 Å². The molecule has 15 heteroatoms. The van der Waals surface area contributed by atoms with Crippen LogP contribution < -0.4 is 5.73 Å². The Hall–Kier alpha value is -2.96. The Kier molecular flexibility index (Phi) is 8.20. The number of rotatable bonds is 11. The van der Waals surface area contributed by atoms with Crippen LogP contribution in [0, 0.1) is 11.3 Å². The van der Waals surface area contributed by atoms with E-state index in [1.54, 1.807) is 0 Å². The minimum Gasteiger partial charge on any atom is -0.394 e. The maximum atomic E-state index is 12.4. The number of benzene rings is 1. The zero-order valence-electron chi connectivity index (χ0n) is 19.4. The zero-order valence-corrected chi connectivity index (χ0v) is 20.3. The van der Waals surface area contributed by atoms with Crippen molar-refractivity contribution < 1.29 is 43.3 Å². The third kappa shape index (κ3) is 5.65. The number of nitrogens with zero attached hydrogens (tertiary/aromatic N) is 4. The normalized spacial score (nSPS) is 26.1. The van der Waals surface area contributed by atoms with E-state index in [1.165, 1.54) is 16.6 Å². The van der Waals surface area contributed by atoms with Crippen molar-refractivity contribution in [3.63, 3.8) is 0 Å². The van der Waals surface area contributed by atoms with Crippen molar-refractivity contribution >= 4 is 19.2 Å². The molecule has 37 heavy (non-hydrogen) atoms. The zero-order chi connectivity index (χ0) is 26.6. The summed E-state index contributed by atoms with van der Waals surface area (Å²) in [5.41, 5.74) is 4.98. The molecule has 4 rings (SSSR count). The van der Waals surface area contributed by atoms with Gasteiger partial charge in [-0.25, -0.2) is 14.1 Å². The van der Waals surface area contributed by atoms with E-state index in [4.69, 9.17) is 24.3 Å². The van der Waals surface area contributed by atoms with Gasteiger partial charge in [0.05, 0.1) is 32.1 Å². The number of ether oxygens (including phenoxy) is 2. The van der Waals surface area contributed by atoms with Crippen LogP contribution >= 0.6 is 7.82 Å². The molecule has 0 saturated carbocycles. The van der Waals surface area contributed by atoms with E-state index in [0.29, 0.717) is 5.52 Å². The van der Waals surface area contributed by atoms with E-state index in [-0.39, 0.29) is 18.1 Å². The van der Waals surface area contributed by atoms with Crippen LogP contribution in [-0.2, 0) is 35.3 Å². The number of phosphoric acid groups is 1. The highest BCUT2D eigenvalue weighted by Crippen LogP contribution is 2.46. The van der Waals surface area contributed by atoms with Gasteiger partial charge in [-0.2, -0.15) is 10.4 Å². The maximum absolute atomic E-state index is 12.4. The van der Waals surface area contributed by atoms with Gasteiger partial charge in [-0.3, -0.25) is 9.05 Å². The minimum absolute atomic E-state index is 0.0675. The van der Waals surface area contributed by atoms with Crippen LogP contribution in [0.25, 0.3) is 5.52 Å².